The third kappa shape index (κ3) is 15.2. The van der Waals surface area contributed by atoms with Gasteiger partial charge < -0.3 is 5.11 Å². The Morgan fingerprint density at radius 3 is 1.95 bits per heavy atom. The van der Waals surface area contributed by atoms with Crippen LogP contribution in [0.2, 0.25) is 0 Å². The number of unbranched alkanes of at least 4 members (excludes halogenated alkanes) is 2. The molecule has 0 heterocycles. The van der Waals surface area contributed by atoms with Crippen LogP contribution >= 0.6 is 0 Å². The summed E-state index contributed by atoms with van der Waals surface area (Å²) >= 11 is 0. The number of hydrogen-bond donors (Lipinski definition) is 2. The summed E-state index contributed by atoms with van der Waals surface area (Å²) in [6, 6.07) is 0. The number of hydrogen-bond acceptors (Lipinski definition) is 4. The smallest absolute Gasteiger partial charge is 0.475 e. The number of halogens is 3. The minimum Gasteiger partial charge on any atom is -0.475 e. The van der Waals surface area contributed by atoms with E-state index < -0.39 is 22.5 Å². The van der Waals surface area contributed by atoms with E-state index >= 15 is 0 Å². The zero-order valence-corrected chi connectivity index (χ0v) is 12.0. The minimum atomic E-state index is -5.08. The Bertz CT molecular complexity index is 366. The molecule has 0 saturated heterocycles. The van der Waals surface area contributed by atoms with Gasteiger partial charge in [-0.15, -0.1) is 0 Å². The Morgan fingerprint density at radius 1 is 1.25 bits per heavy atom. The molecular weight excluding hydrogens is 305 g/mol. The molecule has 122 valence electrons. The van der Waals surface area contributed by atoms with Crippen LogP contribution in [0, 0.1) is 0 Å². The van der Waals surface area contributed by atoms with Crippen molar-refractivity contribution in [3.05, 3.63) is 0 Å². The van der Waals surface area contributed by atoms with Crippen molar-refractivity contribution in [3.8, 4) is 0 Å². The molecule has 0 radical (unpaired) electrons. The summed E-state index contributed by atoms with van der Waals surface area (Å²) in [6.45, 7) is 3.91. The van der Waals surface area contributed by atoms with Crippen molar-refractivity contribution < 1.29 is 40.2 Å². The van der Waals surface area contributed by atoms with Crippen LogP contribution in [0.25, 0.3) is 0 Å². The molecule has 0 spiro atoms. The first kappa shape index (κ1) is 21.4. The normalized spacial score (nSPS) is 13.3. The van der Waals surface area contributed by atoms with Crippen molar-refractivity contribution >= 4 is 16.4 Å². The van der Waals surface area contributed by atoms with Crippen LogP contribution in [0.15, 0.2) is 0 Å². The number of carboxylic acids is 1. The Hall–Kier alpha value is -0.870. The predicted molar refractivity (Wildman–Crippen MR) is 64.5 cm³/mol. The van der Waals surface area contributed by atoms with Crippen molar-refractivity contribution in [1.82, 2.24) is 0 Å². The maximum Gasteiger partial charge on any atom is 0.490 e. The lowest BCUT2D eigenvalue weighted by molar-refractivity contribution is -0.192. The molecule has 0 fully saturated rings. The van der Waals surface area contributed by atoms with E-state index in [1.54, 1.807) is 0 Å². The SMILES string of the molecule is CCCCCC(CC)OS(=O)(=O)O.O=C(O)C(F)(F)F. The lowest BCUT2D eigenvalue weighted by Crippen LogP contribution is -2.21. The van der Waals surface area contributed by atoms with Crippen LogP contribution in [-0.4, -0.2) is 36.3 Å². The maximum absolute atomic E-state index is 10.6. The van der Waals surface area contributed by atoms with E-state index in [1.807, 2.05) is 6.92 Å². The van der Waals surface area contributed by atoms with E-state index in [-0.39, 0.29) is 6.10 Å². The summed E-state index contributed by atoms with van der Waals surface area (Å²) in [5, 5.41) is 7.12. The Balaban J connectivity index is 0. The Kier molecular flexibility index (Phi) is 10.7. The van der Waals surface area contributed by atoms with Crippen molar-refractivity contribution in [3.63, 3.8) is 0 Å². The zero-order chi connectivity index (χ0) is 16.4. The monoisotopic (exact) mass is 324 g/mol. The summed E-state index contributed by atoms with van der Waals surface area (Å²) < 4.78 is 65.4. The molecule has 0 amide bonds. The largest absolute Gasteiger partial charge is 0.490 e. The van der Waals surface area contributed by atoms with Crippen LogP contribution < -0.4 is 0 Å². The van der Waals surface area contributed by atoms with Crippen molar-refractivity contribution in [2.24, 2.45) is 0 Å². The van der Waals surface area contributed by atoms with Gasteiger partial charge in [0.25, 0.3) is 0 Å². The second-order valence-corrected chi connectivity index (χ2v) is 4.90. The van der Waals surface area contributed by atoms with Gasteiger partial charge >= 0.3 is 22.5 Å². The molecule has 0 aromatic heterocycles. The van der Waals surface area contributed by atoms with E-state index in [2.05, 4.69) is 11.1 Å². The zero-order valence-electron chi connectivity index (χ0n) is 11.2. The third-order valence-corrected chi connectivity index (χ3v) is 2.60. The first-order valence-corrected chi connectivity index (χ1v) is 7.26. The molecule has 0 aliphatic carbocycles. The van der Waals surface area contributed by atoms with Crippen LogP contribution in [-0.2, 0) is 19.4 Å². The molecule has 20 heavy (non-hydrogen) atoms. The molecule has 0 aromatic carbocycles. The number of carboxylic acid groups (broad SMARTS) is 1. The molecule has 0 rings (SSSR count). The average Bonchev–Trinajstić information content (AvgIpc) is 2.26. The van der Waals surface area contributed by atoms with Crippen molar-refractivity contribution in [1.29, 1.82) is 0 Å². The molecule has 6 nitrogen and oxygen atoms in total. The molecule has 0 aliphatic rings. The lowest BCUT2D eigenvalue weighted by atomic mass is 10.1. The van der Waals surface area contributed by atoms with Crippen LogP contribution in [0.1, 0.15) is 46.0 Å². The molecule has 2 N–H and O–H groups in total. The van der Waals surface area contributed by atoms with Gasteiger partial charge in [0.15, 0.2) is 0 Å². The highest BCUT2D eigenvalue weighted by molar-refractivity contribution is 7.80. The molecule has 0 aromatic rings. The highest BCUT2D eigenvalue weighted by Gasteiger charge is 2.38. The fraction of sp³-hybridized carbons (Fsp3) is 0.900. The van der Waals surface area contributed by atoms with Gasteiger partial charge in [0, 0.05) is 0 Å². The van der Waals surface area contributed by atoms with Gasteiger partial charge in [-0.2, -0.15) is 21.6 Å². The van der Waals surface area contributed by atoms with Crippen LogP contribution in [0.5, 0.6) is 0 Å². The van der Waals surface area contributed by atoms with Gasteiger partial charge in [-0.1, -0.05) is 33.1 Å². The second kappa shape index (κ2) is 9.94. The van der Waals surface area contributed by atoms with Gasteiger partial charge in [0.05, 0.1) is 6.10 Å². The Morgan fingerprint density at radius 2 is 1.70 bits per heavy atom. The molecule has 1 unspecified atom stereocenters. The quantitative estimate of drug-likeness (QED) is 0.551. The van der Waals surface area contributed by atoms with E-state index in [0.29, 0.717) is 12.8 Å². The Labute approximate surface area is 115 Å². The number of carbonyl (C=O) groups is 1. The fourth-order valence-corrected chi connectivity index (χ4v) is 1.69. The second-order valence-electron chi connectivity index (χ2n) is 3.85. The molecular formula is C10H19F3O6S. The van der Waals surface area contributed by atoms with Crippen LogP contribution in [0.4, 0.5) is 13.2 Å². The molecule has 0 aliphatic heterocycles. The van der Waals surface area contributed by atoms with Gasteiger partial charge in [-0.25, -0.2) is 8.98 Å². The van der Waals surface area contributed by atoms with Gasteiger partial charge in [0.1, 0.15) is 0 Å². The summed E-state index contributed by atoms with van der Waals surface area (Å²) in [7, 11) is -4.27. The predicted octanol–water partition coefficient (Wildman–Crippen LogP) is 2.80. The molecule has 0 bridgehead atoms. The maximum atomic E-state index is 10.6. The van der Waals surface area contributed by atoms with Crippen molar-refractivity contribution in [2.45, 2.75) is 58.2 Å². The number of rotatable bonds is 7. The standard InChI is InChI=1S/C8H18O4S.C2HF3O2/c1-3-5-6-7-8(4-2)12-13(9,10)11;3-2(4,5)1(6)7/h8H,3-7H2,1-2H3,(H,9,10,11);(H,6,7). The lowest BCUT2D eigenvalue weighted by Gasteiger charge is -2.12. The number of alkyl halides is 3. The van der Waals surface area contributed by atoms with E-state index in [4.69, 9.17) is 14.5 Å². The molecule has 10 heteroatoms. The summed E-state index contributed by atoms with van der Waals surface area (Å²) in [5.41, 5.74) is 0. The van der Waals surface area contributed by atoms with Crippen molar-refractivity contribution in [2.75, 3.05) is 0 Å². The van der Waals surface area contributed by atoms with E-state index in [9.17, 15) is 21.6 Å². The topological polar surface area (TPSA) is 101 Å². The average molecular weight is 324 g/mol. The van der Waals surface area contributed by atoms with E-state index in [1.165, 1.54) is 0 Å². The summed E-state index contributed by atoms with van der Waals surface area (Å²) in [4.78, 5) is 8.90. The fourth-order valence-electron chi connectivity index (χ4n) is 1.11. The first-order chi connectivity index (χ1) is 8.94. The van der Waals surface area contributed by atoms with Gasteiger partial charge in [0.2, 0.25) is 0 Å². The first-order valence-electron chi connectivity index (χ1n) is 5.89. The minimum absolute atomic E-state index is 0.374. The molecule has 1 atom stereocenters. The molecule has 0 saturated carbocycles. The summed E-state index contributed by atoms with van der Waals surface area (Å²) in [5.74, 6) is -2.76. The highest BCUT2D eigenvalue weighted by Crippen LogP contribution is 2.13. The highest BCUT2D eigenvalue weighted by atomic mass is 32.3. The summed E-state index contributed by atoms with van der Waals surface area (Å²) in [6.07, 6.45) is -1.09. The van der Waals surface area contributed by atoms with E-state index in [0.717, 1.165) is 19.3 Å². The number of aliphatic carboxylic acids is 1. The third-order valence-electron chi connectivity index (χ3n) is 2.09. The van der Waals surface area contributed by atoms with Gasteiger partial charge in [-0.3, -0.25) is 4.55 Å². The van der Waals surface area contributed by atoms with Crippen LogP contribution in [0.3, 0.4) is 0 Å². The van der Waals surface area contributed by atoms with Gasteiger partial charge in [-0.05, 0) is 12.8 Å².